The minimum Gasteiger partial charge on any atom is -0.484 e. The average molecular weight is 368 g/mol. The number of nitrogens with one attached hydrogen (secondary N) is 1. The highest BCUT2D eigenvalue weighted by molar-refractivity contribution is 5.89. The van der Waals surface area contributed by atoms with Gasteiger partial charge in [-0.3, -0.25) is 4.79 Å². The molecule has 0 radical (unpaired) electrons. The molecule has 2 aromatic rings. The van der Waals surface area contributed by atoms with Gasteiger partial charge in [-0.1, -0.05) is 17.7 Å². The van der Waals surface area contributed by atoms with Crippen LogP contribution in [0.4, 0.5) is 0 Å². The summed E-state index contributed by atoms with van der Waals surface area (Å²) in [5.74, 6) is -0.284. The fourth-order valence-corrected chi connectivity index (χ4v) is 2.65. The van der Waals surface area contributed by atoms with E-state index in [0.717, 1.165) is 16.7 Å². The summed E-state index contributed by atoms with van der Waals surface area (Å²) in [5.41, 5.74) is 7.25. The topological polar surface area (TPSA) is 77.0 Å². The number of ether oxygens (including phenoxy) is 2. The summed E-state index contributed by atoms with van der Waals surface area (Å²) in [6.07, 6.45) is 1.64. The molecule has 0 atom stereocenters. The van der Waals surface area contributed by atoms with Gasteiger partial charge in [-0.25, -0.2) is 10.2 Å². The zero-order valence-corrected chi connectivity index (χ0v) is 16.0. The predicted octanol–water partition coefficient (Wildman–Crippen LogP) is 3.32. The number of hydrazone groups is 1. The van der Waals surface area contributed by atoms with Gasteiger partial charge in [0, 0.05) is 5.56 Å². The van der Waals surface area contributed by atoms with Crippen LogP contribution in [0.15, 0.2) is 41.5 Å². The second-order valence-electron chi connectivity index (χ2n) is 6.14. The number of nitrogens with zero attached hydrogens (tertiary/aromatic N) is 1. The zero-order chi connectivity index (χ0) is 19.8. The molecule has 1 amide bonds. The van der Waals surface area contributed by atoms with Crippen LogP contribution in [-0.2, 0) is 9.53 Å². The summed E-state index contributed by atoms with van der Waals surface area (Å²) in [6.45, 7) is 7.94. The molecule has 0 fully saturated rings. The molecule has 0 heterocycles. The van der Waals surface area contributed by atoms with Crippen molar-refractivity contribution in [1.82, 2.24) is 5.43 Å². The summed E-state index contributed by atoms with van der Waals surface area (Å²) in [5, 5.41) is 4.00. The number of benzene rings is 2. The third-order valence-corrected chi connectivity index (χ3v) is 3.86. The van der Waals surface area contributed by atoms with Crippen molar-refractivity contribution in [1.29, 1.82) is 0 Å². The first-order chi connectivity index (χ1) is 12.9. The normalized spacial score (nSPS) is 10.7. The van der Waals surface area contributed by atoms with Crippen LogP contribution in [0.3, 0.4) is 0 Å². The van der Waals surface area contributed by atoms with Crippen molar-refractivity contribution in [2.24, 2.45) is 5.10 Å². The standard InChI is InChI=1S/C21H24N2O4/c1-5-26-21(25)17-6-8-18(9-7-17)27-13-20(24)23-22-12-19-15(3)10-14(2)11-16(19)4/h6-12H,5,13H2,1-4H3,(H,23,24). The lowest BCUT2D eigenvalue weighted by Gasteiger charge is -2.07. The lowest BCUT2D eigenvalue weighted by Crippen LogP contribution is -2.24. The Labute approximate surface area is 159 Å². The Morgan fingerprint density at radius 2 is 1.70 bits per heavy atom. The molecule has 1 N–H and O–H groups in total. The van der Waals surface area contributed by atoms with E-state index in [1.807, 2.05) is 20.8 Å². The number of hydrogen-bond donors (Lipinski definition) is 1. The summed E-state index contributed by atoms with van der Waals surface area (Å²) < 4.78 is 10.3. The molecule has 6 heteroatoms. The van der Waals surface area contributed by atoms with Crippen molar-refractivity contribution in [3.8, 4) is 5.75 Å². The van der Waals surface area contributed by atoms with Crippen molar-refractivity contribution < 1.29 is 19.1 Å². The van der Waals surface area contributed by atoms with E-state index >= 15 is 0 Å². The van der Waals surface area contributed by atoms with Crippen LogP contribution in [0.2, 0.25) is 0 Å². The maximum absolute atomic E-state index is 11.9. The van der Waals surface area contributed by atoms with Gasteiger partial charge in [-0.05, 0) is 63.1 Å². The Balaban J connectivity index is 1.85. The summed E-state index contributed by atoms with van der Waals surface area (Å²) in [4.78, 5) is 23.4. The first-order valence-electron chi connectivity index (χ1n) is 8.70. The van der Waals surface area contributed by atoms with Gasteiger partial charge in [0.2, 0.25) is 0 Å². The lowest BCUT2D eigenvalue weighted by molar-refractivity contribution is -0.123. The highest BCUT2D eigenvalue weighted by Gasteiger charge is 2.07. The minimum atomic E-state index is -0.391. The Morgan fingerprint density at radius 1 is 1.07 bits per heavy atom. The number of carbonyl (C=O) groups is 2. The van der Waals surface area contributed by atoms with Gasteiger partial charge in [0.1, 0.15) is 5.75 Å². The largest absolute Gasteiger partial charge is 0.484 e. The molecule has 0 aliphatic rings. The van der Waals surface area contributed by atoms with Gasteiger partial charge in [0.15, 0.2) is 6.61 Å². The van der Waals surface area contributed by atoms with Gasteiger partial charge < -0.3 is 9.47 Å². The highest BCUT2D eigenvalue weighted by Crippen LogP contribution is 2.14. The van der Waals surface area contributed by atoms with Crippen LogP contribution in [-0.4, -0.2) is 31.3 Å². The Kier molecular flexibility index (Phi) is 7.11. The molecular formula is C21H24N2O4. The van der Waals surface area contributed by atoms with Crippen molar-refractivity contribution in [3.05, 3.63) is 64.2 Å². The van der Waals surface area contributed by atoms with E-state index < -0.39 is 5.97 Å². The Bertz CT molecular complexity index is 819. The van der Waals surface area contributed by atoms with Crippen LogP contribution in [0, 0.1) is 20.8 Å². The molecule has 2 aromatic carbocycles. The van der Waals surface area contributed by atoms with Crippen LogP contribution in [0.1, 0.15) is 39.5 Å². The van der Waals surface area contributed by atoms with Crippen LogP contribution < -0.4 is 10.2 Å². The number of rotatable bonds is 7. The molecule has 0 saturated heterocycles. The first-order valence-corrected chi connectivity index (χ1v) is 8.70. The van der Waals surface area contributed by atoms with E-state index in [-0.39, 0.29) is 12.5 Å². The number of hydrogen-bond acceptors (Lipinski definition) is 5. The second-order valence-corrected chi connectivity index (χ2v) is 6.14. The van der Waals surface area contributed by atoms with Crippen molar-refractivity contribution >= 4 is 18.1 Å². The number of amides is 1. The van der Waals surface area contributed by atoms with Crippen LogP contribution in [0.25, 0.3) is 0 Å². The van der Waals surface area contributed by atoms with Crippen LogP contribution >= 0.6 is 0 Å². The van der Waals surface area contributed by atoms with E-state index in [1.54, 1.807) is 37.4 Å². The lowest BCUT2D eigenvalue weighted by atomic mass is 10.0. The van der Waals surface area contributed by atoms with Crippen molar-refractivity contribution in [2.75, 3.05) is 13.2 Å². The maximum atomic E-state index is 11.9. The number of esters is 1. The van der Waals surface area contributed by atoms with Gasteiger partial charge >= 0.3 is 5.97 Å². The zero-order valence-electron chi connectivity index (χ0n) is 16.0. The molecule has 0 saturated carbocycles. The van der Waals surface area contributed by atoms with Gasteiger partial charge in [0.05, 0.1) is 18.4 Å². The smallest absolute Gasteiger partial charge is 0.338 e. The van der Waals surface area contributed by atoms with E-state index in [4.69, 9.17) is 9.47 Å². The fraction of sp³-hybridized carbons (Fsp3) is 0.286. The summed E-state index contributed by atoms with van der Waals surface area (Å²) in [7, 11) is 0. The van der Waals surface area contributed by atoms with Gasteiger partial charge in [-0.2, -0.15) is 5.10 Å². The van der Waals surface area contributed by atoms with Gasteiger partial charge in [-0.15, -0.1) is 0 Å². The molecule has 142 valence electrons. The average Bonchev–Trinajstić information content (AvgIpc) is 2.62. The van der Waals surface area contributed by atoms with E-state index in [0.29, 0.717) is 17.9 Å². The molecule has 0 aliphatic heterocycles. The molecule has 0 aliphatic carbocycles. The molecular weight excluding hydrogens is 344 g/mol. The molecule has 0 aromatic heterocycles. The third-order valence-electron chi connectivity index (χ3n) is 3.86. The van der Waals surface area contributed by atoms with Gasteiger partial charge in [0.25, 0.3) is 5.91 Å². The van der Waals surface area contributed by atoms with E-state index in [2.05, 4.69) is 22.7 Å². The van der Waals surface area contributed by atoms with Crippen molar-refractivity contribution in [3.63, 3.8) is 0 Å². The van der Waals surface area contributed by atoms with Crippen molar-refractivity contribution in [2.45, 2.75) is 27.7 Å². The second kappa shape index (κ2) is 9.52. The quantitative estimate of drug-likeness (QED) is 0.462. The molecule has 0 spiro atoms. The van der Waals surface area contributed by atoms with E-state index in [1.165, 1.54) is 5.56 Å². The minimum absolute atomic E-state index is 0.179. The SMILES string of the molecule is CCOC(=O)c1ccc(OCC(=O)NN=Cc2c(C)cc(C)cc2C)cc1. The van der Waals surface area contributed by atoms with Crippen LogP contribution in [0.5, 0.6) is 5.75 Å². The molecule has 0 bridgehead atoms. The molecule has 2 rings (SSSR count). The predicted molar refractivity (Wildman–Crippen MR) is 104 cm³/mol. The first kappa shape index (κ1) is 20.2. The Hall–Kier alpha value is -3.15. The highest BCUT2D eigenvalue weighted by atomic mass is 16.5. The molecule has 0 unspecified atom stereocenters. The number of aryl methyl sites for hydroxylation is 3. The third kappa shape index (κ3) is 5.95. The summed E-state index contributed by atoms with van der Waals surface area (Å²) in [6, 6.07) is 10.5. The van der Waals surface area contributed by atoms with E-state index in [9.17, 15) is 9.59 Å². The maximum Gasteiger partial charge on any atom is 0.338 e. The fourth-order valence-electron chi connectivity index (χ4n) is 2.65. The Morgan fingerprint density at radius 3 is 2.30 bits per heavy atom. The number of carbonyl (C=O) groups excluding carboxylic acids is 2. The molecule has 27 heavy (non-hydrogen) atoms. The monoisotopic (exact) mass is 368 g/mol. The molecule has 6 nitrogen and oxygen atoms in total. The summed E-state index contributed by atoms with van der Waals surface area (Å²) >= 11 is 0.